The fourth-order valence-corrected chi connectivity index (χ4v) is 4.06. The number of carbonyl (C=O) groups excluding carboxylic acids is 1. The van der Waals surface area contributed by atoms with Gasteiger partial charge in [0.25, 0.3) is 0 Å². The zero-order valence-corrected chi connectivity index (χ0v) is 22.3. The molecule has 1 N–H and O–H groups in total. The summed E-state index contributed by atoms with van der Waals surface area (Å²) in [5.74, 6) is -2.47. The smallest absolute Gasteiger partial charge is 0.435 e. The second-order valence-corrected chi connectivity index (χ2v) is 9.07. The lowest BCUT2D eigenvalue weighted by atomic mass is 9.89. The van der Waals surface area contributed by atoms with Crippen LogP contribution in [-0.4, -0.2) is 48.9 Å². The van der Waals surface area contributed by atoms with Crippen LogP contribution in [0.5, 0.6) is 0 Å². The fourth-order valence-electron chi connectivity index (χ4n) is 4.06. The van der Waals surface area contributed by atoms with Gasteiger partial charge in [0.15, 0.2) is 0 Å². The standard InChI is InChI=1S/C13H11F7O2.C12H9F7O2/c1-6-4-8(5-7(2)9(6)10(21)22-3)11(14,12(15,16)17)13(18,19)20;1-5-3-7(4-6(2)8(5)9(20)21)10(13,11(14,15)16)12(17,18)19/h4-5H,1-3H3;3-4H,1-2H3,(H,20,21). The zero-order valence-electron chi connectivity index (χ0n) is 22.3. The Balaban J connectivity index is 0.000000430. The highest BCUT2D eigenvalue weighted by Gasteiger charge is 2.74. The SMILES string of the molecule is COC(=O)c1c(C)cc(C(F)(C(F)(F)F)C(F)(F)F)cc1C.Cc1cc(C(F)(C(F)(F)F)C(F)(F)F)cc(C)c1C(=O)O. The van der Waals surface area contributed by atoms with Crippen molar-refractivity contribution in [1.82, 2.24) is 0 Å². The van der Waals surface area contributed by atoms with Gasteiger partial charge in [0.05, 0.1) is 18.2 Å². The van der Waals surface area contributed by atoms with Gasteiger partial charge in [0, 0.05) is 11.1 Å². The topological polar surface area (TPSA) is 63.6 Å². The minimum Gasteiger partial charge on any atom is -0.478 e. The molecule has 0 heterocycles. The molecule has 242 valence electrons. The molecule has 0 fully saturated rings. The molecule has 0 amide bonds. The maximum absolute atomic E-state index is 13.9. The lowest BCUT2D eigenvalue weighted by Gasteiger charge is -2.31. The Labute approximate surface area is 233 Å². The van der Waals surface area contributed by atoms with E-state index in [4.69, 9.17) is 5.11 Å². The van der Waals surface area contributed by atoms with Gasteiger partial charge in [0.1, 0.15) is 0 Å². The number of methoxy groups -OCH3 is 1. The first-order valence-corrected chi connectivity index (χ1v) is 11.2. The van der Waals surface area contributed by atoms with Crippen LogP contribution in [0.15, 0.2) is 24.3 Å². The molecule has 18 heteroatoms. The van der Waals surface area contributed by atoms with E-state index in [1.807, 2.05) is 0 Å². The molecule has 4 nitrogen and oxygen atoms in total. The van der Waals surface area contributed by atoms with Crippen molar-refractivity contribution in [3.63, 3.8) is 0 Å². The third-order valence-corrected chi connectivity index (χ3v) is 6.03. The molecule has 0 aromatic heterocycles. The summed E-state index contributed by atoms with van der Waals surface area (Å²) in [5.41, 5.74) is -16.4. The van der Waals surface area contributed by atoms with Crippen LogP contribution in [0.1, 0.15) is 54.1 Å². The van der Waals surface area contributed by atoms with Crippen molar-refractivity contribution in [1.29, 1.82) is 0 Å². The molecule has 2 aromatic carbocycles. The van der Waals surface area contributed by atoms with Crippen LogP contribution in [-0.2, 0) is 16.1 Å². The summed E-state index contributed by atoms with van der Waals surface area (Å²) in [4.78, 5) is 22.3. The van der Waals surface area contributed by atoms with Crippen LogP contribution in [0, 0.1) is 27.7 Å². The largest absolute Gasteiger partial charge is 0.478 e. The number of alkyl halides is 14. The van der Waals surface area contributed by atoms with Crippen molar-refractivity contribution in [2.75, 3.05) is 7.11 Å². The Kier molecular flexibility index (Phi) is 10.3. The zero-order chi connectivity index (χ0) is 34.3. The highest BCUT2D eigenvalue weighted by Crippen LogP contribution is 2.54. The normalized spacial score (nSPS) is 13.3. The van der Waals surface area contributed by atoms with E-state index < -0.39 is 75.8 Å². The van der Waals surface area contributed by atoms with Gasteiger partial charge in [-0.15, -0.1) is 0 Å². The second kappa shape index (κ2) is 11.8. The molecule has 0 aliphatic carbocycles. The molecular weight excluding hydrogens is 630 g/mol. The summed E-state index contributed by atoms with van der Waals surface area (Å²) in [6, 6.07) is 1.19. The van der Waals surface area contributed by atoms with Gasteiger partial charge in [-0.3, -0.25) is 0 Å². The molecule has 0 aliphatic rings. The summed E-state index contributed by atoms with van der Waals surface area (Å²) < 4.78 is 184. The highest BCUT2D eigenvalue weighted by atomic mass is 19.4. The van der Waals surface area contributed by atoms with Crippen molar-refractivity contribution in [3.8, 4) is 0 Å². The van der Waals surface area contributed by atoms with Gasteiger partial charge in [-0.25, -0.2) is 18.4 Å². The van der Waals surface area contributed by atoms with Crippen molar-refractivity contribution in [2.24, 2.45) is 0 Å². The van der Waals surface area contributed by atoms with Crippen LogP contribution in [0.4, 0.5) is 61.5 Å². The Hall–Kier alpha value is -3.60. The van der Waals surface area contributed by atoms with Gasteiger partial charge < -0.3 is 9.84 Å². The molecule has 0 radical (unpaired) electrons. The molecule has 0 unspecified atom stereocenters. The maximum atomic E-state index is 13.9. The maximum Gasteiger partial charge on any atom is 0.435 e. The van der Waals surface area contributed by atoms with E-state index in [9.17, 15) is 71.1 Å². The van der Waals surface area contributed by atoms with Gasteiger partial charge >= 0.3 is 48.0 Å². The minimum atomic E-state index is -6.23. The number of carbonyl (C=O) groups is 2. The number of hydrogen-bond donors (Lipinski definition) is 1. The molecular formula is C25H20F14O4. The number of halogens is 14. The number of hydrogen-bond acceptors (Lipinski definition) is 3. The van der Waals surface area contributed by atoms with Crippen LogP contribution in [0.2, 0.25) is 0 Å². The number of esters is 1. The van der Waals surface area contributed by atoms with Crippen LogP contribution >= 0.6 is 0 Å². The predicted molar refractivity (Wildman–Crippen MR) is 120 cm³/mol. The van der Waals surface area contributed by atoms with Crippen LogP contribution in [0.3, 0.4) is 0 Å². The van der Waals surface area contributed by atoms with Gasteiger partial charge in [-0.2, -0.15) is 52.7 Å². The molecule has 0 saturated heterocycles. The molecule has 0 bridgehead atoms. The van der Waals surface area contributed by atoms with Crippen molar-refractivity contribution < 1.29 is 80.9 Å². The van der Waals surface area contributed by atoms with E-state index in [-0.39, 0.29) is 28.8 Å². The Bertz CT molecular complexity index is 1290. The van der Waals surface area contributed by atoms with Gasteiger partial charge in [0.2, 0.25) is 0 Å². The lowest BCUT2D eigenvalue weighted by molar-refractivity contribution is -0.349. The lowest BCUT2D eigenvalue weighted by Crippen LogP contribution is -2.50. The predicted octanol–water partition coefficient (Wildman–Crippen LogP) is 8.67. The van der Waals surface area contributed by atoms with Crippen LogP contribution in [0.25, 0.3) is 0 Å². The molecule has 2 rings (SSSR count). The number of ether oxygens (including phenoxy) is 1. The summed E-state index contributed by atoms with van der Waals surface area (Å²) in [6.07, 6.45) is -24.8. The Morgan fingerprint density at radius 1 is 0.535 bits per heavy atom. The van der Waals surface area contributed by atoms with Crippen LogP contribution < -0.4 is 0 Å². The number of carboxylic acids is 1. The van der Waals surface area contributed by atoms with E-state index in [0.29, 0.717) is 12.1 Å². The first-order chi connectivity index (χ1) is 19.0. The summed E-state index contributed by atoms with van der Waals surface area (Å²) in [5, 5.41) is 8.82. The molecule has 0 aliphatic heterocycles. The first kappa shape index (κ1) is 37.4. The average Bonchev–Trinajstić information content (AvgIpc) is 2.78. The van der Waals surface area contributed by atoms with Gasteiger partial charge in [-0.05, 0) is 49.9 Å². The number of carboxylic acid groups (broad SMARTS) is 1. The first-order valence-electron chi connectivity index (χ1n) is 11.2. The highest BCUT2D eigenvalue weighted by molar-refractivity contribution is 5.93. The number of benzene rings is 2. The molecule has 0 saturated carbocycles. The van der Waals surface area contributed by atoms with Crippen molar-refractivity contribution in [3.05, 3.63) is 68.8 Å². The third-order valence-electron chi connectivity index (χ3n) is 6.03. The minimum absolute atomic E-state index is 0.210. The Morgan fingerprint density at radius 3 is 0.953 bits per heavy atom. The van der Waals surface area contributed by atoms with E-state index in [1.54, 1.807) is 0 Å². The van der Waals surface area contributed by atoms with Crippen molar-refractivity contribution in [2.45, 2.75) is 63.7 Å². The quantitative estimate of drug-likeness (QED) is 0.266. The molecule has 2 aromatic rings. The van der Waals surface area contributed by atoms with E-state index in [0.717, 1.165) is 34.8 Å². The second-order valence-electron chi connectivity index (χ2n) is 9.07. The number of aryl methyl sites for hydroxylation is 4. The summed E-state index contributed by atoms with van der Waals surface area (Å²) in [6.45, 7) is 4.17. The van der Waals surface area contributed by atoms with E-state index >= 15 is 0 Å². The third kappa shape index (κ3) is 6.82. The van der Waals surface area contributed by atoms with E-state index in [1.165, 1.54) is 0 Å². The molecule has 43 heavy (non-hydrogen) atoms. The van der Waals surface area contributed by atoms with Crippen molar-refractivity contribution >= 4 is 11.9 Å². The summed E-state index contributed by atoms with van der Waals surface area (Å²) >= 11 is 0. The van der Waals surface area contributed by atoms with E-state index in [2.05, 4.69) is 4.74 Å². The fraction of sp³-hybridized carbons (Fsp3) is 0.440. The summed E-state index contributed by atoms with van der Waals surface area (Å²) in [7, 11) is 1.00. The number of aromatic carboxylic acids is 1. The van der Waals surface area contributed by atoms with Gasteiger partial charge in [-0.1, -0.05) is 24.3 Å². The number of rotatable bonds is 4. The molecule has 0 atom stereocenters. The average molecular weight is 650 g/mol. The molecule has 0 spiro atoms. The monoisotopic (exact) mass is 650 g/mol. The Morgan fingerprint density at radius 2 is 0.767 bits per heavy atom.